The number of aliphatic hydroxyl groups is 15. The summed E-state index contributed by atoms with van der Waals surface area (Å²) >= 11 is -0.260. The molecule has 0 radical (unpaired) electrons. The number of alkyl halides is 13. The monoisotopic (exact) mass is 1260 g/mol. The maximum absolute atomic E-state index is 14.9. The minimum absolute atomic E-state index is 0.260. The Morgan fingerprint density at radius 2 is 0.598 bits per heavy atom. The Hall–Kier alpha value is -3.81. The fourth-order valence-corrected chi connectivity index (χ4v) is 8.24. The molecule has 0 aliphatic heterocycles. The van der Waals surface area contributed by atoms with Crippen molar-refractivity contribution in [1.29, 1.82) is 0 Å². The van der Waals surface area contributed by atoms with Gasteiger partial charge in [0.25, 0.3) is 0 Å². The van der Waals surface area contributed by atoms with E-state index in [0.29, 0.717) is 0 Å². The summed E-state index contributed by atoms with van der Waals surface area (Å²) in [4.78, 5) is 70.2. The second-order valence-electron chi connectivity index (χ2n) is 19.6. The highest BCUT2D eigenvalue weighted by Gasteiger charge is 2.90. The Morgan fingerprint density at radius 1 is 0.341 bits per heavy atom. The molecular formula is C43H70F13N5O20S. The van der Waals surface area contributed by atoms with E-state index < -0.39 is 266 Å². The molecule has 4 unspecified atom stereocenters. The molecule has 4 atom stereocenters. The number of carbonyl (C=O) groups is 5. The summed E-state index contributed by atoms with van der Waals surface area (Å²) < 4.78 is 181. The number of hydrogen-bond acceptors (Lipinski definition) is 21. The summed E-state index contributed by atoms with van der Waals surface area (Å²) in [6.07, 6.45) is -15.9. The van der Waals surface area contributed by atoms with E-state index in [1.807, 2.05) is 16.0 Å². The van der Waals surface area contributed by atoms with Gasteiger partial charge < -0.3 is 103 Å². The van der Waals surface area contributed by atoms with Gasteiger partial charge in [0.15, 0.2) is 0 Å². The van der Waals surface area contributed by atoms with E-state index in [0.717, 1.165) is 0 Å². The zero-order valence-corrected chi connectivity index (χ0v) is 44.0. The maximum Gasteiger partial charge on any atom is 0.460 e. The molecule has 0 saturated heterocycles. The van der Waals surface area contributed by atoms with E-state index in [-0.39, 0.29) is 11.8 Å². The standard InChI is InChI=1S/C43H70F13N5O20S/c44-38(45,39(46,47)40(48,49)41(50,51)42(52,53)43(54,55)56)3-4-82-8-27(32(81)61-37(21-74,22-75)23-76)7-26(31(80)60-36(18-71,19-72)20-73)6-25(30(79)59-35(15-68,16-69)17-70)5-24(29(78)58-34(12-65,13-66)14-67)1-2-28(77)57-33(9-62,10-63)11-64/h24-27,62-76H,1-23H2,(H,57,77)(H,58,78)(H,59,79)(H,60,80)(H,61,81)/i28+1,29+1,30+1,31+1,32+1. The van der Waals surface area contributed by atoms with E-state index >= 15 is 0 Å². The van der Waals surface area contributed by atoms with Crippen LogP contribution >= 0.6 is 11.8 Å². The summed E-state index contributed by atoms with van der Waals surface area (Å²) in [5.74, 6) is -57.9. The van der Waals surface area contributed by atoms with Crippen molar-refractivity contribution < 1.29 is 158 Å². The molecule has 0 aromatic heterocycles. The fraction of sp³-hybridized carbons (Fsp3) is 0.884. The van der Waals surface area contributed by atoms with Crippen LogP contribution in [0.5, 0.6) is 0 Å². The molecule has 0 spiro atoms. The summed E-state index contributed by atoms with van der Waals surface area (Å²) in [7, 11) is 0. The third kappa shape index (κ3) is 18.6. The van der Waals surface area contributed by atoms with Crippen molar-refractivity contribution in [2.75, 3.05) is 111 Å². The van der Waals surface area contributed by atoms with Crippen LogP contribution in [-0.2, 0) is 24.0 Å². The molecule has 484 valence electrons. The van der Waals surface area contributed by atoms with Crippen molar-refractivity contribution in [2.45, 2.75) is 102 Å². The number of aliphatic hydroxyl groups excluding tert-OH is 15. The number of hydrogen-bond donors (Lipinski definition) is 20. The molecule has 0 bridgehead atoms. The average Bonchev–Trinajstić information content (AvgIpc) is 3.44. The van der Waals surface area contributed by atoms with Gasteiger partial charge in [0.05, 0.1) is 99.1 Å². The second kappa shape index (κ2) is 32.1. The lowest BCUT2D eigenvalue weighted by Crippen LogP contribution is -2.70. The molecule has 0 aromatic carbocycles. The van der Waals surface area contributed by atoms with Crippen LogP contribution in [-0.4, -0.2) is 280 Å². The van der Waals surface area contributed by atoms with Gasteiger partial charge in [-0.25, -0.2) is 0 Å². The zero-order valence-electron chi connectivity index (χ0n) is 43.1. The van der Waals surface area contributed by atoms with Gasteiger partial charge in [0, 0.05) is 42.3 Å². The lowest BCUT2D eigenvalue weighted by atomic mass is 9.89. The van der Waals surface area contributed by atoms with Crippen molar-refractivity contribution in [3.05, 3.63) is 0 Å². The van der Waals surface area contributed by atoms with Crippen LogP contribution in [0.2, 0.25) is 0 Å². The Labute approximate surface area is 461 Å². The average molecular weight is 1260 g/mol. The minimum atomic E-state index is -8.25. The largest absolute Gasteiger partial charge is 0.460 e. The summed E-state index contributed by atoms with van der Waals surface area (Å²) in [6, 6.07) is 0. The van der Waals surface area contributed by atoms with Crippen LogP contribution in [0, 0.1) is 23.7 Å². The number of carbonyl (C=O) groups excluding carboxylic acids is 5. The zero-order chi connectivity index (χ0) is 64.2. The minimum Gasteiger partial charge on any atom is -0.394 e. The van der Waals surface area contributed by atoms with E-state index in [4.69, 9.17) is 0 Å². The predicted octanol–water partition coefficient (Wildman–Crippen LogP) is -5.58. The molecule has 20 N–H and O–H groups in total. The van der Waals surface area contributed by atoms with Crippen LogP contribution in [0.25, 0.3) is 0 Å². The normalized spacial score (nSPS) is 15.3. The Kier molecular flexibility index (Phi) is 30.6. The molecule has 82 heavy (non-hydrogen) atoms. The second-order valence-corrected chi connectivity index (χ2v) is 20.8. The Morgan fingerprint density at radius 3 is 0.902 bits per heavy atom. The van der Waals surface area contributed by atoms with Gasteiger partial charge in [-0.3, -0.25) is 24.0 Å². The van der Waals surface area contributed by atoms with Gasteiger partial charge in [-0.2, -0.15) is 68.8 Å². The highest BCUT2D eigenvalue weighted by molar-refractivity contribution is 7.99. The lowest BCUT2D eigenvalue weighted by molar-refractivity contribution is -0.439. The van der Waals surface area contributed by atoms with Gasteiger partial charge in [0.1, 0.15) is 27.7 Å². The summed E-state index contributed by atoms with van der Waals surface area (Å²) in [5, 5.41) is 160. The number of nitrogens with one attached hydrogen (secondary N) is 5. The molecule has 0 heterocycles. The van der Waals surface area contributed by atoms with Crippen molar-refractivity contribution in [3.8, 4) is 0 Å². The van der Waals surface area contributed by atoms with Crippen LogP contribution in [0.15, 0.2) is 0 Å². The van der Waals surface area contributed by atoms with E-state index in [1.165, 1.54) is 0 Å². The lowest BCUT2D eigenvalue weighted by Gasteiger charge is -2.39. The number of halogens is 13. The molecule has 0 saturated carbocycles. The number of thioether (sulfide) groups is 1. The van der Waals surface area contributed by atoms with Gasteiger partial charge >= 0.3 is 35.8 Å². The van der Waals surface area contributed by atoms with Crippen molar-refractivity contribution in [3.63, 3.8) is 0 Å². The molecule has 0 rings (SSSR count). The first-order valence-corrected chi connectivity index (χ1v) is 25.1. The van der Waals surface area contributed by atoms with Crippen LogP contribution in [0.1, 0.15) is 38.5 Å². The Bertz CT molecular complexity index is 1970. The molecule has 0 aliphatic carbocycles. The molecule has 0 aliphatic rings. The van der Waals surface area contributed by atoms with Gasteiger partial charge in [-0.1, -0.05) is 0 Å². The molecular weight excluding hydrogens is 1190 g/mol. The molecule has 25 nitrogen and oxygen atoms in total. The fourth-order valence-electron chi connectivity index (χ4n) is 7.10. The number of amides is 5. The smallest absolute Gasteiger partial charge is 0.394 e. The van der Waals surface area contributed by atoms with Gasteiger partial charge in [-0.15, -0.1) is 0 Å². The van der Waals surface area contributed by atoms with Crippen LogP contribution < -0.4 is 26.6 Å². The van der Waals surface area contributed by atoms with Crippen molar-refractivity contribution in [1.82, 2.24) is 26.6 Å². The van der Waals surface area contributed by atoms with E-state index in [2.05, 4.69) is 10.6 Å². The first-order valence-electron chi connectivity index (χ1n) is 24.0. The predicted molar refractivity (Wildman–Crippen MR) is 250 cm³/mol. The third-order valence-corrected chi connectivity index (χ3v) is 14.4. The SMILES string of the molecule is O=[13C](CCC(CC(CC(CC(CSCCC(F)(F)C(F)(F)C(F)(F)C(F)(F)C(F)(F)C(F)(F)F)[13C](=O)NC(CO)(CO)CO)[13C](=O)NC(CO)(CO)CO)[13C](=O)NC(CO)(CO)CO)[13C](=O)NC(CO)(CO)CO)NC(CO)(CO)CO. The number of rotatable bonds is 42. The Balaban J connectivity index is 8.27. The molecule has 5 amide bonds. The van der Waals surface area contributed by atoms with E-state index in [9.17, 15) is 158 Å². The highest BCUT2D eigenvalue weighted by atomic mass is 32.2. The van der Waals surface area contributed by atoms with Gasteiger partial charge in [-0.05, 0) is 31.4 Å². The van der Waals surface area contributed by atoms with Crippen molar-refractivity contribution in [2.24, 2.45) is 23.7 Å². The van der Waals surface area contributed by atoms with Crippen LogP contribution in [0.4, 0.5) is 57.1 Å². The van der Waals surface area contributed by atoms with Gasteiger partial charge in [0.2, 0.25) is 29.5 Å². The quantitative estimate of drug-likeness (QED) is 0.0154. The summed E-state index contributed by atoms with van der Waals surface area (Å²) in [5.41, 5.74) is -11.9. The third-order valence-electron chi connectivity index (χ3n) is 13.3. The first-order chi connectivity index (χ1) is 37.7. The highest BCUT2D eigenvalue weighted by Crippen LogP contribution is 2.60. The first kappa shape index (κ1) is 78.2. The topological polar surface area (TPSA) is 449 Å². The van der Waals surface area contributed by atoms with Crippen LogP contribution in [0.3, 0.4) is 0 Å². The molecule has 0 aromatic rings. The van der Waals surface area contributed by atoms with E-state index in [1.54, 1.807) is 0 Å². The molecule has 39 heteroatoms. The molecule has 0 fully saturated rings. The summed E-state index contributed by atoms with van der Waals surface area (Å²) in [6.45, 7) is -19.2. The van der Waals surface area contributed by atoms with Crippen molar-refractivity contribution >= 4 is 41.3 Å². The maximum atomic E-state index is 14.9.